The molecule has 0 bridgehead atoms. The number of hydrogen-bond donors (Lipinski definition) is 0. The van der Waals surface area contributed by atoms with Crippen molar-refractivity contribution < 1.29 is 19.1 Å². The first-order chi connectivity index (χ1) is 15.0. The second-order valence-corrected chi connectivity index (χ2v) is 8.62. The summed E-state index contributed by atoms with van der Waals surface area (Å²) in [6.07, 6.45) is 0.789. The molecule has 0 atom stereocenters. The van der Waals surface area contributed by atoms with Gasteiger partial charge in [0.25, 0.3) is 5.91 Å². The molecule has 0 N–H and O–H groups in total. The topological polar surface area (TPSA) is 68.7 Å². The Morgan fingerprint density at radius 3 is 2.77 bits per heavy atom. The van der Waals surface area contributed by atoms with E-state index in [1.807, 2.05) is 53.9 Å². The number of anilines is 1. The molecular formula is C24H24N2O4S. The number of benzene rings is 2. The maximum atomic E-state index is 12.5. The first-order valence-electron chi connectivity index (χ1n) is 10.3. The monoisotopic (exact) mass is 436 g/mol. The zero-order chi connectivity index (χ0) is 21.8. The lowest BCUT2D eigenvalue weighted by Gasteiger charge is -2.29. The Hall–Kier alpha value is -3.19. The molecule has 2 aromatic carbocycles. The van der Waals surface area contributed by atoms with E-state index in [2.05, 4.69) is 13.8 Å². The Balaban J connectivity index is 1.56. The normalized spacial score (nSPS) is 13.1. The summed E-state index contributed by atoms with van der Waals surface area (Å²) in [5, 5.41) is 2.91. The van der Waals surface area contributed by atoms with E-state index in [0.29, 0.717) is 24.0 Å². The molecular weight excluding hydrogens is 412 g/mol. The third-order valence-corrected chi connectivity index (χ3v) is 5.86. The molecule has 0 saturated carbocycles. The molecule has 1 aromatic heterocycles. The van der Waals surface area contributed by atoms with Crippen LogP contribution in [0.25, 0.3) is 21.8 Å². The summed E-state index contributed by atoms with van der Waals surface area (Å²) in [5.41, 5.74) is 3.28. The van der Waals surface area contributed by atoms with E-state index in [9.17, 15) is 9.59 Å². The quantitative estimate of drug-likeness (QED) is 0.498. The van der Waals surface area contributed by atoms with Crippen molar-refractivity contribution in [3.8, 4) is 27.6 Å². The molecule has 160 valence electrons. The van der Waals surface area contributed by atoms with Crippen molar-refractivity contribution in [1.82, 2.24) is 4.98 Å². The standard InChI is InChI=1S/C24H24N2O4S/c1-16(2)10-11-29-23(28)13-26-20-12-18(8-9-21(20)30-14-22(26)27)19-15-31-24(25-19)17-6-4-3-5-7-17/h3-9,12,15-16H,10-11,13-14H2,1-2H3. The summed E-state index contributed by atoms with van der Waals surface area (Å²) >= 11 is 1.56. The number of hydrogen-bond acceptors (Lipinski definition) is 6. The lowest BCUT2D eigenvalue weighted by Crippen LogP contribution is -2.42. The molecule has 0 radical (unpaired) electrons. The van der Waals surface area contributed by atoms with Crippen LogP contribution in [0.2, 0.25) is 0 Å². The molecule has 1 amide bonds. The van der Waals surface area contributed by atoms with Gasteiger partial charge in [0, 0.05) is 16.5 Å². The minimum atomic E-state index is -0.424. The lowest BCUT2D eigenvalue weighted by molar-refractivity contribution is -0.143. The van der Waals surface area contributed by atoms with Gasteiger partial charge in [0.15, 0.2) is 6.61 Å². The van der Waals surface area contributed by atoms with Gasteiger partial charge in [-0.2, -0.15) is 0 Å². The smallest absolute Gasteiger partial charge is 0.326 e. The number of thiazole rings is 1. The molecule has 1 aliphatic heterocycles. The molecule has 4 rings (SSSR count). The van der Waals surface area contributed by atoms with Crippen LogP contribution in [-0.2, 0) is 14.3 Å². The lowest BCUT2D eigenvalue weighted by atomic mass is 10.1. The second kappa shape index (κ2) is 9.31. The van der Waals surface area contributed by atoms with E-state index in [-0.39, 0.29) is 19.1 Å². The van der Waals surface area contributed by atoms with E-state index >= 15 is 0 Å². The average molecular weight is 437 g/mol. The van der Waals surface area contributed by atoms with Crippen molar-refractivity contribution >= 4 is 28.9 Å². The van der Waals surface area contributed by atoms with Gasteiger partial charge >= 0.3 is 5.97 Å². The molecule has 3 aromatic rings. The first kappa shape index (κ1) is 21.1. The molecule has 7 heteroatoms. The van der Waals surface area contributed by atoms with Crippen LogP contribution in [0, 0.1) is 5.92 Å². The maximum absolute atomic E-state index is 12.5. The van der Waals surface area contributed by atoms with Gasteiger partial charge in [0.2, 0.25) is 0 Å². The summed E-state index contributed by atoms with van der Waals surface area (Å²) in [4.78, 5) is 31.0. The summed E-state index contributed by atoms with van der Waals surface area (Å²) in [6.45, 7) is 4.25. The highest BCUT2D eigenvalue weighted by molar-refractivity contribution is 7.13. The molecule has 0 aliphatic carbocycles. The van der Waals surface area contributed by atoms with E-state index < -0.39 is 5.97 Å². The van der Waals surface area contributed by atoms with Gasteiger partial charge in [0.1, 0.15) is 17.3 Å². The summed E-state index contributed by atoms with van der Waals surface area (Å²) in [6, 6.07) is 15.6. The van der Waals surface area contributed by atoms with Gasteiger partial charge in [-0.3, -0.25) is 14.5 Å². The van der Waals surface area contributed by atoms with E-state index in [4.69, 9.17) is 14.5 Å². The SMILES string of the molecule is CC(C)CCOC(=O)CN1C(=O)COc2ccc(-c3csc(-c4ccccc4)n3)cc21. The van der Waals surface area contributed by atoms with Gasteiger partial charge < -0.3 is 9.47 Å². The molecule has 0 fully saturated rings. The number of amides is 1. The third-order valence-electron chi connectivity index (χ3n) is 4.97. The summed E-state index contributed by atoms with van der Waals surface area (Å²) < 4.78 is 10.9. The fraction of sp³-hybridized carbons (Fsp3) is 0.292. The molecule has 2 heterocycles. The minimum Gasteiger partial charge on any atom is -0.482 e. The van der Waals surface area contributed by atoms with E-state index in [0.717, 1.165) is 28.2 Å². The molecule has 6 nitrogen and oxygen atoms in total. The highest BCUT2D eigenvalue weighted by Crippen LogP contribution is 2.37. The Kier molecular flexibility index (Phi) is 6.32. The van der Waals surface area contributed by atoms with Crippen LogP contribution < -0.4 is 9.64 Å². The number of fused-ring (bicyclic) bond motifs is 1. The number of aromatic nitrogens is 1. The van der Waals surface area contributed by atoms with Crippen LogP contribution >= 0.6 is 11.3 Å². The number of rotatable bonds is 7. The highest BCUT2D eigenvalue weighted by atomic mass is 32.1. The highest BCUT2D eigenvalue weighted by Gasteiger charge is 2.28. The van der Waals surface area contributed by atoms with E-state index in [1.54, 1.807) is 11.3 Å². The summed E-state index contributed by atoms with van der Waals surface area (Å²) in [7, 11) is 0. The van der Waals surface area contributed by atoms with Crippen LogP contribution in [-0.4, -0.2) is 36.6 Å². The van der Waals surface area contributed by atoms with Gasteiger partial charge in [-0.05, 0) is 30.5 Å². The largest absolute Gasteiger partial charge is 0.482 e. The van der Waals surface area contributed by atoms with Gasteiger partial charge in [-0.1, -0.05) is 44.2 Å². The molecule has 0 spiro atoms. The zero-order valence-electron chi connectivity index (χ0n) is 17.5. The van der Waals surface area contributed by atoms with Crippen LogP contribution in [0.1, 0.15) is 20.3 Å². The predicted octanol–water partition coefficient (Wildman–Crippen LogP) is 4.79. The van der Waals surface area contributed by atoms with Gasteiger partial charge in [-0.25, -0.2) is 4.98 Å². The third kappa shape index (κ3) is 4.94. The number of nitrogens with zero attached hydrogens (tertiary/aromatic N) is 2. The van der Waals surface area contributed by atoms with Crippen LogP contribution in [0.3, 0.4) is 0 Å². The van der Waals surface area contributed by atoms with E-state index in [1.165, 1.54) is 4.90 Å². The first-order valence-corrected chi connectivity index (χ1v) is 11.1. The Labute approximate surface area is 185 Å². The van der Waals surface area contributed by atoms with Crippen LogP contribution in [0.4, 0.5) is 5.69 Å². The van der Waals surface area contributed by atoms with Crippen molar-refractivity contribution in [2.75, 3.05) is 24.7 Å². The second-order valence-electron chi connectivity index (χ2n) is 7.76. The molecule has 1 aliphatic rings. The number of ether oxygens (including phenoxy) is 2. The Morgan fingerprint density at radius 2 is 2.00 bits per heavy atom. The Morgan fingerprint density at radius 1 is 1.19 bits per heavy atom. The van der Waals surface area contributed by atoms with Gasteiger partial charge in [0.05, 0.1) is 18.0 Å². The van der Waals surface area contributed by atoms with Crippen molar-refractivity contribution in [2.24, 2.45) is 5.92 Å². The van der Waals surface area contributed by atoms with Crippen molar-refractivity contribution in [2.45, 2.75) is 20.3 Å². The molecule has 31 heavy (non-hydrogen) atoms. The van der Waals surface area contributed by atoms with Crippen molar-refractivity contribution in [3.05, 3.63) is 53.9 Å². The Bertz CT molecular complexity index is 1080. The zero-order valence-corrected chi connectivity index (χ0v) is 18.4. The van der Waals surface area contributed by atoms with Crippen molar-refractivity contribution in [1.29, 1.82) is 0 Å². The minimum absolute atomic E-state index is 0.0967. The predicted molar refractivity (Wildman–Crippen MR) is 121 cm³/mol. The van der Waals surface area contributed by atoms with Crippen LogP contribution in [0.15, 0.2) is 53.9 Å². The molecule has 0 unspecified atom stereocenters. The number of carbonyl (C=O) groups excluding carboxylic acids is 2. The number of carbonyl (C=O) groups is 2. The van der Waals surface area contributed by atoms with Gasteiger partial charge in [-0.15, -0.1) is 11.3 Å². The van der Waals surface area contributed by atoms with Crippen LogP contribution in [0.5, 0.6) is 5.75 Å². The number of esters is 1. The molecule has 0 saturated heterocycles. The fourth-order valence-corrected chi connectivity index (χ4v) is 4.07. The average Bonchev–Trinajstić information content (AvgIpc) is 3.26. The maximum Gasteiger partial charge on any atom is 0.326 e. The van der Waals surface area contributed by atoms with Crippen molar-refractivity contribution in [3.63, 3.8) is 0 Å². The summed E-state index contributed by atoms with van der Waals surface area (Å²) in [5.74, 6) is 0.317. The fourth-order valence-electron chi connectivity index (χ4n) is 3.24.